The Kier molecular flexibility index (Phi) is 5.67. The van der Waals surface area contributed by atoms with Crippen molar-refractivity contribution in [2.24, 2.45) is 5.92 Å². The molecule has 0 spiro atoms. The van der Waals surface area contributed by atoms with Crippen LogP contribution in [0, 0.1) is 5.92 Å². The van der Waals surface area contributed by atoms with E-state index in [0.717, 1.165) is 51.1 Å². The van der Waals surface area contributed by atoms with Gasteiger partial charge in [0.05, 0.1) is 12.1 Å². The van der Waals surface area contributed by atoms with Crippen LogP contribution in [0.25, 0.3) is 0 Å². The molecule has 1 atom stereocenters. The summed E-state index contributed by atoms with van der Waals surface area (Å²) in [5, 5.41) is 10.1. The minimum absolute atomic E-state index is 0.246. The fourth-order valence-electron chi connectivity index (χ4n) is 3.61. The molecule has 1 N–H and O–H groups in total. The first-order valence-electron chi connectivity index (χ1n) is 8.58. The van der Waals surface area contributed by atoms with Crippen molar-refractivity contribution in [2.45, 2.75) is 70.4 Å². The van der Waals surface area contributed by atoms with E-state index in [0.29, 0.717) is 12.6 Å². The Balaban J connectivity index is 1.80. The van der Waals surface area contributed by atoms with Crippen LogP contribution in [0.4, 0.5) is 0 Å². The Morgan fingerprint density at radius 1 is 1.24 bits per heavy atom. The van der Waals surface area contributed by atoms with Crippen molar-refractivity contribution in [1.82, 2.24) is 9.80 Å². The van der Waals surface area contributed by atoms with E-state index in [9.17, 15) is 9.90 Å². The summed E-state index contributed by atoms with van der Waals surface area (Å²) in [5.41, 5.74) is -0.552. The molecule has 0 radical (unpaired) electrons. The molecule has 1 heterocycles. The van der Waals surface area contributed by atoms with Gasteiger partial charge in [-0.1, -0.05) is 6.92 Å². The molecule has 0 aromatic rings. The molecule has 0 bridgehead atoms. The molecule has 1 aliphatic heterocycles. The molecule has 1 aliphatic carbocycles. The van der Waals surface area contributed by atoms with Crippen LogP contribution in [0.15, 0.2) is 0 Å². The minimum atomic E-state index is -0.552. The van der Waals surface area contributed by atoms with Gasteiger partial charge < -0.3 is 10.0 Å². The summed E-state index contributed by atoms with van der Waals surface area (Å²) in [6.07, 6.45) is 7.38. The van der Waals surface area contributed by atoms with Crippen LogP contribution in [0.1, 0.15) is 58.8 Å². The lowest BCUT2D eigenvalue weighted by atomic mass is 9.87. The van der Waals surface area contributed by atoms with Crippen LogP contribution in [0.2, 0.25) is 0 Å². The lowest BCUT2D eigenvalue weighted by Crippen LogP contribution is -2.45. The maximum Gasteiger partial charge on any atom is 0.236 e. The average Bonchev–Trinajstić information content (AvgIpc) is 2.60. The third-order valence-electron chi connectivity index (χ3n) is 5.44. The molecule has 4 nitrogen and oxygen atoms in total. The third-order valence-corrected chi connectivity index (χ3v) is 5.44. The van der Waals surface area contributed by atoms with Gasteiger partial charge in [-0.25, -0.2) is 0 Å². The summed E-state index contributed by atoms with van der Waals surface area (Å²) in [4.78, 5) is 16.7. The second kappa shape index (κ2) is 7.10. The van der Waals surface area contributed by atoms with E-state index in [-0.39, 0.29) is 5.91 Å². The Morgan fingerprint density at radius 2 is 1.90 bits per heavy atom. The minimum Gasteiger partial charge on any atom is -0.390 e. The first-order chi connectivity index (χ1) is 9.87. The number of carbonyl (C=O) groups excluding carboxylic acids is 1. The van der Waals surface area contributed by atoms with Crippen molar-refractivity contribution in [3.8, 4) is 0 Å². The predicted molar refractivity (Wildman–Crippen MR) is 85.1 cm³/mol. The van der Waals surface area contributed by atoms with Gasteiger partial charge in [0.25, 0.3) is 0 Å². The van der Waals surface area contributed by atoms with Gasteiger partial charge in [0, 0.05) is 19.6 Å². The van der Waals surface area contributed by atoms with E-state index < -0.39 is 5.60 Å². The van der Waals surface area contributed by atoms with Crippen molar-refractivity contribution in [1.29, 1.82) is 0 Å². The summed E-state index contributed by atoms with van der Waals surface area (Å²) >= 11 is 0. The zero-order valence-corrected chi connectivity index (χ0v) is 14.0. The van der Waals surface area contributed by atoms with Gasteiger partial charge in [-0.3, -0.25) is 9.69 Å². The smallest absolute Gasteiger partial charge is 0.236 e. The third kappa shape index (κ3) is 4.96. The molecule has 0 aromatic heterocycles. The lowest BCUT2D eigenvalue weighted by molar-refractivity contribution is -0.134. The number of carbonyl (C=O) groups is 1. The Morgan fingerprint density at radius 3 is 2.57 bits per heavy atom. The monoisotopic (exact) mass is 296 g/mol. The zero-order chi connectivity index (χ0) is 15.5. The second-order valence-electron chi connectivity index (χ2n) is 7.54. The van der Waals surface area contributed by atoms with Gasteiger partial charge in [-0.2, -0.15) is 0 Å². The van der Waals surface area contributed by atoms with Crippen molar-refractivity contribution in [2.75, 3.05) is 26.7 Å². The number of hydrogen-bond donors (Lipinski definition) is 1. The van der Waals surface area contributed by atoms with Crippen molar-refractivity contribution < 1.29 is 9.90 Å². The van der Waals surface area contributed by atoms with E-state index in [1.807, 2.05) is 18.9 Å². The predicted octanol–water partition coefficient (Wildman–Crippen LogP) is 2.26. The topological polar surface area (TPSA) is 43.8 Å². The molecule has 4 heteroatoms. The quantitative estimate of drug-likeness (QED) is 0.869. The van der Waals surface area contributed by atoms with Gasteiger partial charge in [0.15, 0.2) is 0 Å². The Bertz CT molecular complexity index is 349. The molecule has 2 aliphatic rings. The molecule has 2 rings (SSSR count). The van der Waals surface area contributed by atoms with E-state index >= 15 is 0 Å². The highest BCUT2D eigenvalue weighted by atomic mass is 16.3. The molecule has 2 fully saturated rings. The van der Waals surface area contributed by atoms with Crippen molar-refractivity contribution >= 4 is 5.91 Å². The van der Waals surface area contributed by atoms with E-state index in [1.165, 1.54) is 12.8 Å². The van der Waals surface area contributed by atoms with Gasteiger partial charge in [-0.05, 0) is 64.3 Å². The number of likely N-dealkylation sites (N-methyl/N-ethyl adjacent to an activating group) is 1. The first-order valence-corrected chi connectivity index (χ1v) is 8.58. The van der Waals surface area contributed by atoms with E-state index in [4.69, 9.17) is 0 Å². The summed E-state index contributed by atoms with van der Waals surface area (Å²) in [5.74, 6) is 1.06. The number of amides is 1. The summed E-state index contributed by atoms with van der Waals surface area (Å²) in [7, 11) is 1.97. The van der Waals surface area contributed by atoms with Crippen LogP contribution < -0.4 is 0 Å². The summed E-state index contributed by atoms with van der Waals surface area (Å²) in [6, 6.07) is 0.434. The molecular weight excluding hydrogens is 264 g/mol. The molecule has 1 saturated heterocycles. The molecular formula is C17H32N2O2. The molecule has 1 unspecified atom stereocenters. The highest BCUT2D eigenvalue weighted by Crippen LogP contribution is 2.27. The number of aliphatic hydroxyl groups is 1. The van der Waals surface area contributed by atoms with Crippen LogP contribution >= 0.6 is 0 Å². The standard InChI is InChI=1S/C17H32N2O2/c1-14-5-7-15(8-6-14)18(3)16(20)13-19-11-4-9-17(2,21)10-12-19/h14-15,21H,4-13H2,1-3H3. The summed E-state index contributed by atoms with van der Waals surface area (Å²) in [6.45, 7) is 6.49. The Labute approximate surface area is 129 Å². The van der Waals surface area contributed by atoms with Crippen LogP contribution in [-0.2, 0) is 4.79 Å². The highest BCUT2D eigenvalue weighted by molar-refractivity contribution is 5.78. The highest BCUT2D eigenvalue weighted by Gasteiger charge is 2.28. The fraction of sp³-hybridized carbons (Fsp3) is 0.941. The van der Waals surface area contributed by atoms with Crippen LogP contribution in [-0.4, -0.2) is 59.1 Å². The van der Waals surface area contributed by atoms with Crippen molar-refractivity contribution in [3.05, 3.63) is 0 Å². The molecule has 1 amide bonds. The number of hydrogen-bond acceptors (Lipinski definition) is 3. The van der Waals surface area contributed by atoms with Gasteiger partial charge in [0.1, 0.15) is 0 Å². The number of nitrogens with zero attached hydrogens (tertiary/aromatic N) is 2. The number of rotatable bonds is 3. The maximum absolute atomic E-state index is 12.5. The maximum atomic E-state index is 12.5. The molecule has 21 heavy (non-hydrogen) atoms. The number of likely N-dealkylation sites (tertiary alicyclic amines) is 1. The van der Waals surface area contributed by atoms with E-state index in [1.54, 1.807) is 0 Å². The van der Waals surface area contributed by atoms with E-state index in [2.05, 4.69) is 11.8 Å². The van der Waals surface area contributed by atoms with Gasteiger partial charge in [-0.15, -0.1) is 0 Å². The molecule has 0 aromatic carbocycles. The molecule has 1 saturated carbocycles. The van der Waals surface area contributed by atoms with Crippen LogP contribution in [0.5, 0.6) is 0 Å². The Hall–Kier alpha value is -0.610. The normalized spacial score (nSPS) is 35.2. The van der Waals surface area contributed by atoms with Crippen molar-refractivity contribution in [3.63, 3.8) is 0 Å². The molecule has 122 valence electrons. The van der Waals surface area contributed by atoms with Gasteiger partial charge in [0.2, 0.25) is 5.91 Å². The largest absolute Gasteiger partial charge is 0.390 e. The van der Waals surface area contributed by atoms with Gasteiger partial charge >= 0.3 is 0 Å². The lowest BCUT2D eigenvalue weighted by Gasteiger charge is -2.34. The fourth-order valence-corrected chi connectivity index (χ4v) is 3.61. The first kappa shape index (κ1) is 16.8. The SMILES string of the molecule is CC1CCC(N(C)C(=O)CN2CCCC(C)(O)CC2)CC1. The zero-order valence-electron chi connectivity index (χ0n) is 14.0. The average molecular weight is 296 g/mol. The second-order valence-corrected chi connectivity index (χ2v) is 7.54. The summed E-state index contributed by atoms with van der Waals surface area (Å²) < 4.78 is 0. The van der Waals surface area contributed by atoms with Crippen LogP contribution in [0.3, 0.4) is 0 Å².